The summed E-state index contributed by atoms with van der Waals surface area (Å²) in [5.41, 5.74) is -0.313. The molecular formula is C27H25O2S+. The predicted octanol–water partition coefficient (Wildman–Crippen LogP) is 6.65. The van der Waals surface area contributed by atoms with E-state index in [-0.39, 0.29) is 22.4 Å². The molecule has 2 aromatic carbocycles. The van der Waals surface area contributed by atoms with Gasteiger partial charge in [-0.15, -0.1) is 6.42 Å². The van der Waals surface area contributed by atoms with E-state index in [9.17, 15) is 4.79 Å². The van der Waals surface area contributed by atoms with Crippen LogP contribution in [0.25, 0.3) is 15.0 Å². The number of allylic oxidation sites excluding steroid dienone is 2. The Morgan fingerprint density at radius 1 is 1.13 bits per heavy atom. The van der Waals surface area contributed by atoms with Crippen LogP contribution in [-0.2, 0) is 4.74 Å². The van der Waals surface area contributed by atoms with Gasteiger partial charge in [0, 0.05) is 40.8 Å². The van der Waals surface area contributed by atoms with E-state index in [2.05, 4.69) is 61.4 Å². The van der Waals surface area contributed by atoms with Gasteiger partial charge in [0.05, 0.1) is 5.56 Å². The zero-order chi connectivity index (χ0) is 20.9. The molecule has 5 rings (SSSR count). The van der Waals surface area contributed by atoms with Gasteiger partial charge in [0.15, 0.2) is 20.1 Å². The first-order valence-corrected chi connectivity index (χ1v) is 11.7. The Labute approximate surface area is 180 Å². The van der Waals surface area contributed by atoms with Crippen LogP contribution in [0.15, 0.2) is 66.7 Å². The third-order valence-corrected chi connectivity index (χ3v) is 9.00. The molecule has 0 aliphatic heterocycles. The molecule has 2 aliphatic rings. The lowest BCUT2D eigenvalue weighted by molar-refractivity contribution is -0.0144. The molecule has 2 aliphatic carbocycles. The van der Waals surface area contributed by atoms with Crippen LogP contribution in [0.4, 0.5) is 0 Å². The molecular weight excluding hydrogens is 388 g/mol. The summed E-state index contributed by atoms with van der Waals surface area (Å²) in [6.07, 6.45) is 12.5. The first-order valence-electron chi connectivity index (χ1n) is 10.5. The van der Waals surface area contributed by atoms with Crippen LogP contribution >= 0.6 is 10.5 Å². The first-order chi connectivity index (χ1) is 14.5. The molecule has 0 amide bonds. The standard InChI is InChI=1S/C27H25O2S/c1-4-27(3,24-16-19-12-13-20(24)15-19)29-26(28)22-9-7-10-23(17-22)30-18(2)14-21-8-5-6-11-25(21)30/h1,5-14,17,19-20,24H,15-16H2,2-3H3/q+1. The van der Waals surface area contributed by atoms with E-state index in [4.69, 9.17) is 11.2 Å². The van der Waals surface area contributed by atoms with Crippen molar-refractivity contribution in [3.63, 3.8) is 0 Å². The molecule has 2 nitrogen and oxygen atoms in total. The van der Waals surface area contributed by atoms with Gasteiger partial charge in [-0.3, -0.25) is 0 Å². The van der Waals surface area contributed by atoms with E-state index >= 15 is 0 Å². The molecule has 5 atom stereocenters. The molecule has 1 heterocycles. The van der Waals surface area contributed by atoms with Crippen molar-refractivity contribution in [2.45, 2.75) is 32.3 Å². The summed E-state index contributed by atoms with van der Waals surface area (Å²) in [6.45, 7) is 4.06. The van der Waals surface area contributed by atoms with Crippen LogP contribution < -0.4 is 0 Å². The number of fused-ring (bicyclic) bond motifs is 3. The number of rotatable bonds is 4. The zero-order valence-electron chi connectivity index (χ0n) is 17.3. The highest BCUT2D eigenvalue weighted by molar-refractivity contribution is 7.45. The molecule has 150 valence electrons. The Morgan fingerprint density at radius 3 is 2.70 bits per heavy atom. The lowest BCUT2D eigenvalue weighted by atomic mass is 9.80. The van der Waals surface area contributed by atoms with Crippen molar-refractivity contribution in [1.29, 1.82) is 0 Å². The summed E-state index contributed by atoms with van der Waals surface area (Å²) in [4.78, 5) is 15.6. The fourth-order valence-electron chi connectivity index (χ4n) is 5.18. The summed E-state index contributed by atoms with van der Waals surface area (Å²) >= 11 is 0. The summed E-state index contributed by atoms with van der Waals surface area (Å²) in [5, 5.41) is 1.26. The van der Waals surface area contributed by atoms with E-state index in [0.29, 0.717) is 17.4 Å². The average molecular weight is 414 g/mol. The second-order valence-electron chi connectivity index (χ2n) is 8.65. The Morgan fingerprint density at radius 2 is 1.97 bits per heavy atom. The normalized spacial score (nSPS) is 24.6. The molecule has 3 aromatic rings. The zero-order valence-corrected chi connectivity index (χ0v) is 18.1. The fraction of sp³-hybridized carbons (Fsp3) is 0.296. The number of terminal acetylenes is 1. The Hall–Kier alpha value is -2.83. The summed E-state index contributed by atoms with van der Waals surface area (Å²) < 4.78 is 7.31. The highest BCUT2D eigenvalue weighted by atomic mass is 32.2. The van der Waals surface area contributed by atoms with E-state index in [1.54, 1.807) is 0 Å². The predicted molar refractivity (Wildman–Crippen MR) is 124 cm³/mol. The van der Waals surface area contributed by atoms with Gasteiger partial charge in [-0.25, -0.2) is 4.79 Å². The monoisotopic (exact) mass is 413 g/mol. The molecule has 30 heavy (non-hydrogen) atoms. The third-order valence-electron chi connectivity index (χ3n) is 6.70. The van der Waals surface area contributed by atoms with E-state index in [0.717, 1.165) is 17.7 Å². The number of thiophene rings is 1. The topological polar surface area (TPSA) is 26.3 Å². The number of hydrogen-bond donors (Lipinski definition) is 0. The quantitative estimate of drug-likeness (QED) is 0.207. The summed E-state index contributed by atoms with van der Waals surface area (Å²) in [6, 6.07) is 18.5. The molecule has 0 spiro atoms. The van der Waals surface area contributed by atoms with Gasteiger partial charge in [-0.2, -0.15) is 0 Å². The molecule has 3 heteroatoms. The number of ether oxygens (including phenoxy) is 1. The van der Waals surface area contributed by atoms with E-state index < -0.39 is 5.60 Å². The molecule has 5 unspecified atom stereocenters. The highest BCUT2D eigenvalue weighted by Gasteiger charge is 2.48. The van der Waals surface area contributed by atoms with Crippen LogP contribution in [0.1, 0.15) is 35.0 Å². The minimum absolute atomic E-state index is 0.162. The Kier molecular flexibility index (Phi) is 4.56. The lowest BCUT2D eigenvalue weighted by Crippen LogP contribution is -2.40. The molecule has 0 radical (unpaired) electrons. The molecule has 1 aromatic heterocycles. The minimum atomic E-state index is -0.880. The van der Waals surface area contributed by atoms with Crippen molar-refractivity contribution in [3.05, 3.63) is 77.2 Å². The maximum atomic E-state index is 13.1. The number of carbonyl (C=O) groups is 1. The van der Waals surface area contributed by atoms with Crippen molar-refractivity contribution >= 4 is 26.5 Å². The van der Waals surface area contributed by atoms with Crippen LogP contribution in [-0.4, -0.2) is 11.6 Å². The molecule has 2 bridgehead atoms. The lowest BCUT2D eigenvalue weighted by Gasteiger charge is -2.34. The molecule has 1 saturated carbocycles. The summed E-state index contributed by atoms with van der Waals surface area (Å²) in [5.74, 6) is 3.67. The number of esters is 1. The van der Waals surface area contributed by atoms with Crippen LogP contribution in [0.5, 0.6) is 0 Å². The van der Waals surface area contributed by atoms with Crippen molar-refractivity contribution in [2.24, 2.45) is 17.8 Å². The number of hydrogen-bond acceptors (Lipinski definition) is 2. The van der Waals surface area contributed by atoms with E-state index in [1.807, 2.05) is 25.1 Å². The van der Waals surface area contributed by atoms with Gasteiger partial charge in [0.25, 0.3) is 0 Å². The number of carbonyl (C=O) groups excluding carboxylic acids is 1. The van der Waals surface area contributed by atoms with Gasteiger partial charge >= 0.3 is 5.97 Å². The van der Waals surface area contributed by atoms with E-state index in [1.165, 1.54) is 15.0 Å². The number of aryl methyl sites for hydroxylation is 1. The van der Waals surface area contributed by atoms with Crippen LogP contribution in [0.2, 0.25) is 0 Å². The van der Waals surface area contributed by atoms with Crippen molar-refractivity contribution in [1.82, 2.24) is 0 Å². The maximum Gasteiger partial charge on any atom is 0.339 e. The highest BCUT2D eigenvalue weighted by Crippen LogP contribution is 2.49. The van der Waals surface area contributed by atoms with Gasteiger partial charge in [-0.05, 0) is 55.9 Å². The second-order valence-corrected chi connectivity index (χ2v) is 10.8. The van der Waals surface area contributed by atoms with Gasteiger partial charge in [-0.1, -0.05) is 36.3 Å². The van der Waals surface area contributed by atoms with Crippen LogP contribution in [0, 0.1) is 37.0 Å². The Balaban J connectivity index is 1.45. The minimum Gasteiger partial charge on any atom is -0.442 e. The SMILES string of the molecule is C#CC(C)(OC(=O)c1cccc(-[s+]2c(C)cc3ccccc32)c1)C1CC2C=CC1C2. The van der Waals surface area contributed by atoms with Gasteiger partial charge < -0.3 is 4.74 Å². The second kappa shape index (κ2) is 7.15. The van der Waals surface area contributed by atoms with Crippen molar-refractivity contribution in [3.8, 4) is 17.2 Å². The van der Waals surface area contributed by atoms with Gasteiger partial charge in [0.2, 0.25) is 0 Å². The van der Waals surface area contributed by atoms with Crippen molar-refractivity contribution < 1.29 is 9.53 Å². The first kappa shape index (κ1) is 19.2. The number of benzene rings is 2. The Bertz CT molecular complexity index is 1210. The largest absolute Gasteiger partial charge is 0.442 e. The van der Waals surface area contributed by atoms with Crippen LogP contribution in [0.3, 0.4) is 0 Å². The average Bonchev–Trinajstić information content (AvgIpc) is 3.47. The molecule has 0 N–H and O–H groups in total. The molecule has 1 fully saturated rings. The maximum absolute atomic E-state index is 13.1. The summed E-state index contributed by atoms with van der Waals surface area (Å²) in [7, 11) is -0.162. The fourth-order valence-corrected chi connectivity index (χ4v) is 7.43. The third kappa shape index (κ3) is 3.07. The smallest absolute Gasteiger partial charge is 0.339 e. The molecule has 0 saturated heterocycles. The van der Waals surface area contributed by atoms with Gasteiger partial charge in [0.1, 0.15) is 0 Å². The van der Waals surface area contributed by atoms with Crippen molar-refractivity contribution in [2.75, 3.05) is 0 Å².